The van der Waals surface area contributed by atoms with Gasteiger partial charge in [-0.15, -0.1) is 0 Å². The van der Waals surface area contributed by atoms with E-state index in [4.69, 9.17) is 0 Å². The molecule has 0 aromatic heterocycles. The van der Waals surface area contributed by atoms with Gasteiger partial charge in [0.15, 0.2) is 0 Å². The zero-order valence-corrected chi connectivity index (χ0v) is 14.0. The molecule has 118 valence electrons. The van der Waals surface area contributed by atoms with Crippen molar-refractivity contribution < 1.29 is 9.50 Å². The summed E-state index contributed by atoms with van der Waals surface area (Å²) < 4.78 is 14.2. The van der Waals surface area contributed by atoms with Gasteiger partial charge in [-0.1, -0.05) is 26.8 Å². The van der Waals surface area contributed by atoms with E-state index < -0.39 is 6.10 Å². The average molecular weight is 292 g/mol. The summed E-state index contributed by atoms with van der Waals surface area (Å²) in [7, 11) is 0. The molecule has 1 aromatic rings. The molecule has 1 nitrogen and oxygen atoms in total. The molecule has 0 spiro atoms. The van der Waals surface area contributed by atoms with Crippen molar-refractivity contribution in [3.8, 4) is 0 Å². The zero-order valence-electron chi connectivity index (χ0n) is 14.0. The summed E-state index contributed by atoms with van der Waals surface area (Å²) in [6.45, 7) is 10.7. The van der Waals surface area contributed by atoms with Crippen LogP contribution >= 0.6 is 0 Å². The standard InChI is InChI=1S/C19H29FO/c1-12-10-13(2)17(16(20)11-12)18(21)14-6-8-15(9-7-14)19(3,4)5/h10-11,14-15,18,21H,6-9H2,1-5H3. The fourth-order valence-corrected chi connectivity index (χ4v) is 3.84. The van der Waals surface area contributed by atoms with E-state index in [0.717, 1.165) is 36.8 Å². The molecular formula is C19H29FO. The molecule has 0 bridgehead atoms. The van der Waals surface area contributed by atoms with E-state index in [0.29, 0.717) is 16.9 Å². The second-order valence-electron chi connectivity index (χ2n) is 7.90. The first-order valence-corrected chi connectivity index (χ1v) is 8.15. The highest BCUT2D eigenvalue weighted by atomic mass is 19.1. The highest BCUT2D eigenvalue weighted by Gasteiger charge is 2.33. The number of rotatable bonds is 2. The summed E-state index contributed by atoms with van der Waals surface area (Å²) in [5.74, 6) is 0.655. The van der Waals surface area contributed by atoms with Gasteiger partial charge in [0, 0.05) is 5.56 Å². The van der Waals surface area contributed by atoms with Crippen molar-refractivity contribution in [1.82, 2.24) is 0 Å². The van der Waals surface area contributed by atoms with Crippen LogP contribution in [-0.4, -0.2) is 5.11 Å². The monoisotopic (exact) mass is 292 g/mol. The fraction of sp³-hybridized carbons (Fsp3) is 0.684. The van der Waals surface area contributed by atoms with Crippen LogP contribution in [0.4, 0.5) is 4.39 Å². The van der Waals surface area contributed by atoms with Crippen LogP contribution in [0.2, 0.25) is 0 Å². The molecule has 1 N–H and O–H groups in total. The molecular weight excluding hydrogens is 263 g/mol. The predicted octanol–water partition coefficient (Wildman–Crippen LogP) is 5.33. The highest BCUT2D eigenvalue weighted by molar-refractivity contribution is 5.34. The van der Waals surface area contributed by atoms with Gasteiger partial charge in [0.05, 0.1) is 6.10 Å². The third kappa shape index (κ3) is 3.66. The van der Waals surface area contributed by atoms with Crippen molar-refractivity contribution in [1.29, 1.82) is 0 Å². The molecule has 1 unspecified atom stereocenters. The quantitative estimate of drug-likeness (QED) is 0.781. The van der Waals surface area contributed by atoms with Gasteiger partial charge in [0.2, 0.25) is 0 Å². The van der Waals surface area contributed by atoms with E-state index in [2.05, 4.69) is 20.8 Å². The SMILES string of the molecule is Cc1cc(C)c(C(O)C2CCC(C(C)(C)C)CC2)c(F)c1. The first-order chi connectivity index (χ1) is 9.70. The van der Waals surface area contributed by atoms with Crippen LogP contribution in [0.3, 0.4) is 0 Å². The molecule has 1 fully saturated rings. The molecule has 0 amide bonds. The molecule has 2 heteroatoms. The van der Waals surface area contributed by atoms with Crippen LogP contribution in [0.15, 0.2) is 12.1 Å². The summed E-state index contributed by atoms with van der Waals surface area (Å²) >= 11 is 0. The number of halogens is 1. The number of aliphatic hydroxyl groups excluding tert-OH is 1. The summed E-state index contributed by atoms with van der Waals surface area (Å²) in [5, 5.41) is 10.6. The number of aryl methyl sites for hydroxylation is 2. The van der Waals surface area contributed by atoms with Gasteiger partial charge in [0.25, 0.3) is 0 Å². The first-order valence-electron chi connectivity index (χ1n) is 8.15. The number of hydrogen-bond acceptors (Lipinski definition) is 1. The molecule has 1 atom stereocenters. The molecule has 0 aliphatic heterocycles. The van der Waals surface area contributed by atoms with Crippen molar-refractivity contribution in [3.63, 3.8) is 0 Å². The maximum Gasteiger partial charge on any atom is 0.129 e. The third-order valence-electron chi connectivity index (χ3n) is 5.22. The Morgan fingerprint density at radius 1 is 1.10 bits per heavy atom. The Hall–Kier alpha value is -0.890. The van der Waals surface area contributed by atoms with E-state index in [1.165, 1.54) is 6.07 Å². The maximum atomic E-state index is 14.2. The molecule has 1 aliphatic carbocycles. The molecule has 0 heterocycles. The second-order valence-corrected chi connectivity index (χ2v) is 7.90. The maximum absolute atomic E-state index is 14.2. The lowest BCUT2D eigenvalue weighted by Gasteiger charge is -2.38. The molecule has 2 rings (SSSR count). The van der Waals surface area contributed by atoms with Crippen LogP contribution in [0.25, 0.3) is 0 Å². The van der Waals surface area contributed by atoms with Gasteiger partial charge < -0.3 is 5.11 Å². The normalized spacial score (nSPS) is 24.9. The summed E-state index contributed by atoms with van der Waals surface area (Å²) in [6, 6.07) is 3.49. The zero-order chi connectivity index (χ0) is 15.8. The number of aliphatic hydroxyl groups is 1. The molecule has 1 saturated carbocycles. The highest BCUT2D eigenvalue weighted by Crippen LogP contribution is 2.44. The number of benzene rings is 1. The van der Waals surface area contributed by atoms with Gasteiger partial charge >= 0.3 is 0 Å². The smallest absolute Gasteiger partial charge is 0.129 e. The molecule has 0 radical (unpaired) electrons. The van der Waals surface area contributed by atoms with Crippen LogP contribution < -0.4 is 0 Å². The van der Waals surface area contributed by atoms with Crippen LogP contribution in [0.1, 0.15) is 69.2 Å². The molecule has 21 heavy (non-hydrogen) atoms. The van der Waals surface area contributed by atoms with E-state index >= 15 is 0 Å². The van der Waals surface area contributed by atoms with Crippen molar-refractivity contribution >= 4 is 0 Å². The molecule has 0 saturated heterocycles. The van der Waals surface area contributed by atoms with Crippen molar-refractivity contribution in [2.75, 3.05) is 0 Å². The minimum atomic E-state index is -0.661. The Morgan fingerprint density at radius 3 is 2.14 bits per heavy atom. The lowest BCUT2D eigenvalue weighted by atomic mass is 9.68. The lowest BCUT2D eigenvalue weighted by molar-refractivity contribution is 0.0502. The predicted molar refractivity (Wildman–Crippen MR) is 85.7 cm³/mol. The van der Waals surface area contributed by atoms with Gasteiger partial charge in [-0.25, -0.2) is 4.39 Å². The van der Waals surface area contributed by atoms with Gasteiger partial charge in [0.1, 0.15) is 5.82 Å². The Morgan fingerprint density at radius 2 is 1.67 bits per heavy atom. The van der Waals surface area contributed by atoms with E-state index in [9.17, 15) is 9.50 Å². The second kappa shape index (κ2) is 6.08. The largest absolute Gasteiger partial charge is 0.388 e. The lowest BCUT2D eigenvalue weighted by Crippen LogP contribution is -2.28. The van der Waals surface area contributed by atoms with Crippen molar-refractivity contribution in [3.05, 3.63) is 34.6 Å². The van der Waals surface area contributed by atoms with E-state index in [1.54, 1.807) is 0 Å². The van der Waals surface area contributed by atoms with Crippen molar-refractivity contribution in [2.45, 2.75) is 66.4 Å². The molecule has 1 aromatic carbocycles. The van der Waals surface area contributed by atoms with Gasteiger partial charge in [-0.2, -0.15) is 0 Å². The third-order valence-corrected chi connectivity index (χ3v) is 5.22. The topological polar surface area (TPSA) is 20.2 Å². The van der Waals surface area contributed by atoms with E-state index in [-0.39, 0.29) is 11.7 Å². The number of hydrogen-bond donors (Lipinski definition) is 1. The summed E-state index contributed by atoms with van der Waals surface area (Å²) in [5.41, 5.74) is 2.64. The van der Waals surface area contributed by atoms with Crippen LogP contribution in [-0.2, 0) is 0 Å². The average Bonchev–Trinajstić information content (AvgIpc) is 2.36. The van der Waals surface area contributed by atoms with Gasteiger partial charge in [-0.05, 0) is 74.0 Å². The van der Waals surface area contributed by atoms with E-state index in [1.807, 2.05) is 19.9 Å². The minimum Gasteiger partial charge on any atom is -0.388 e. The first kappa shape index (κ1) is 16.5. The summed E-state index contributed by atoms with van der Waals surface area (Å²) in [6.07, 6.45) is 3.60. The van der Waals surface area contributed by atoms with Crippen LogP contribution in [0, 0.1) is 36.9 Å². The minimum absolute atomic E-state index is 0.194. The van der Waals surface area contributed by atoms with Gasteiger partial charge in [-0.3, -0.25) is 0 Å². The summed E-state index contributed by atoms with van der Waals surface area (Å²) in [4.78, 5) is 0. The Kier molecular flexibility index (Phi) is 4.77. The van der Waals surface area contributed by atoms with Crippen molar-refractivity contribution in [2.24, 2.45) is 17.3 Å². The Bertz CT molecular complexity index is 470. The molecule has 1 aliphatic rings. The fourth-order valence-electron chi connectivity index (χ4n) is 3.84. The van der Waals surface area contributed by atoms with Crippen LogP contribution in [0.5, 0.6) is 0 Å². The Labute approximate surface area is 128 Å². The Balaban J connectivity index is 2.11.